The fraction of sp³-hybridized carbons (Fsp3) is 1.00. The van der Waals surface area contributed by atoms with E-state index in [4.69, 9.17) is 9.47 Å². The van der Waals surface area contributed by atoms with E-state index in [2.05, 4.69) is 27.7 Å². The Morgan fingerprint density at radius 3 is 1.71 bits per heavy atom. The fourth-order valence-electron chi connectivity index (χ4n) is 4.65. The number of rotatable bonds is 23. The summed E-state index contributed by atoms with van der Waals surface area (Å²) in [7, 11) is 0. The van der Waals surface area contributed by atoms with Crippen LogP contribution in [0.25, 0.3) is 0 Å². The molecule has 2 heteroatoms. The molecule has 186 valence electrons. The SMILES string of the molecule is CCCCCCCCCCC(CCCCCCCCC(C)(C)C)CCCOCC1CO1. The summed E-state index contributed by atoms with van der Waals surface area (Å²) in [4.78, 5) is 0. The molecule has 1 saturated heterocycles. The highest BCUT2D eigenvalue weighted by molar-refractivity contribution is 4.67. The van der Waals surface area contributed by atoms with Gasteiger partial charge < -0.3 is 9.47 Å². The molecule has 0 radical (unpaired) electrons. The lowest BCUT2D eigenvalue weighted by Gasteiger charge is -2.18. The summed E-state index contributed by atoms with van der Waals surface area (Å²) in [6.07, 6.45) is 27.4. The molecule has 2 nitrogen and oxygen atoms in total. The number of ether oxygens (including phenoxy) is 2. The molecule has 0 N–H and O–H groups in total. The Balaban J connectivity index is 2.05. The molecule has 0 aromatic heterocycles. The third-order valence-electron chi connectivity index (χ3n) is 6.86. The Kier molecular flexibility index (Phi) is 18.1. The van der Waals surface area contributed by atoms with Crippen molar-refractivity contribution in [3.05, 3.63) is 0 Å². The average molecular weight is 439 g/mol. The number of hydrogen-bond donors (Lipinski definition) is 0. The molecule has 0 aromatic carbocycles. The molecule has 1 fully saturated rings. The van der Waals surface area contributed by atoms with Crippen LogP contribution in [-0.4, -0.2) is 25.9 Å². The summed E-state index contributed by atoms with van der Waals surface area (Å²) in [5, 5.41) is 0. The molecule has 1 aliphatic heterocycles. The third-order valence-corrected chi connectivity index (χ3v) is 6.86. The molecule has 1 rings (SSSR count). The predicted molar refractivity (Wildman–Crippen MR) is 137 cm³/mol. The number of hydrogen-bond acceptors (Lipinski definition) is 2. The summed E-state index contributed by atoms with van der Waals surface area (Å²) in [5.74, 6) is 0.932. The molecular formula is C29H58O2. The van der Waals surface area contributed by atoms with Gasteiger partial charge in [0.1, 0.15) is 6.10 Å². The molecule has 1 heterocycles. The van der Waals surface area contributed by atoms with Gasteiger partial charge in [0, 0.05) is 6.61 Å². The third kappa shape index (κ3) is 21.5. The van der Waals surface area contributed by atoms with E-state index in [0.717, 1.165) is 25.7 Å². The van der Waals surface area contributed by atoms with Crippen molar-refractivity contribution in [1.82, 2.24) is 0 Å². The molecule has 2 atom stereocenters. The van der Waals surface area contributed by atoms with E-state index in [1.165, 1.54) is 122 Å². The van der Waals surface area contributed by atoms with Crippen LogP contribution in [0.15, 0.2) is 0 Å². The van der Waals surface area contributed by atoms with Crippen LogP contribution in [0.2, 0.25) is 0 Å². The van der Waals surface area contributed by atoms with Crippen molar-refractivity contribution in [2.45, 2.75) is 156 Å². The lowest BCUT2D eigenvalue weighted by molar-refractivity contribution is 0.109. The highest BCUT2D eigenvalue weighted by atomic mass is 16.6. The maximum atomic E-state index is 5.78. The minimum atomic E-state index is 0.413. The van der Waals surface area contributed by atoms with Crippen LogP contribution in [0, 0.1) is 11.3 Å². The largest absolute Gasteiger partial charge is 0.379 e. The van der Waals surface area contributed by atoms with Crippen molar-refractivity contribution in [1.29, 1.82) is 0 Å². The van der Waals surface area contributed by atoms with Crippen LogP contribution >= 0.6 is 0 Å². The standard InChI is InChI=1S/C29H58O2/c1-5-6-7-8-9-10-13-16-20-27(22-19-24-30-25-28-26-31-28)21-17-14-11-12-15-18-23-29(2,3)4/h27-28H,5-26H2,1-4H3. The first-order valence-corrected chi connectivity index (χ1v) is 14.2. The van der Waals surface area contributed by atoms with E-state index >= 15 is 0 Å². The highest BCUT2D eigenvalue weighted by Crippen LogP contribution is 2.25. The van der Waals surface area contributed by atoms with E-state index in [9.17, 15) is 0 Å². The Bertz CT molecular complexity index is 369. The molecular weight excluding hydrogens is 380 g/mol. The second-order valence-electron chi connectivity index (χ2n) is 11.5. The van der Waals surface area contributed by atoms with Crippen molar-refractivity contribution in [3.63, 3.8) is 0 Å². The number of unbranched alkanes of at least 4 members (excludes halogenated alkanes) is 12. The van der Waals surface area contributed by atoms with Gasteiger partial charge in [-0.25, -0.2) is 0 Å². The lowest BCUT2D eigenvalue weighted by Crippen LogP contribution is -2.06. The van der Waals surface area contributed by atoms with Gasteiger partial charge >= 0.3 is 0 Å². The van der Waals surface area contributed by atoms with Crippen LogP contribution < -0.4 is 0 Å². The maximum Gasteiger partial charge on any atom is 0.104 e. The van der Waals surface area contributed by atoms with Gasteiger partial charge in [-0.1, -0.05) is 130 Å². The molecule has 0 aromatic rings. The van der Waals surface area contributed by atoms with Crippen LogP contribution in [0.1, 0.15) is 150 Å². The lowest BCUT2D eigenvalue weighted by atomic mass is 9.89. The first-order valence-electron chi connectivity index (χ1n) is 14.2. The minimum absolute atomic E-state index is 0.413. The molecule has 0 aliphatic carbocycles. The Labute approximate surface area is 196 Å². The van der Waals surface area contributed by atoms with Crippen LogP contribution in [-0.2, 0) is 9.47 Å². The van der Waals surface area contributed by atoms with Crippen molar-refractivity contribution in [2.75, 3.05) is 19.8 Å². The summed E-state index contributed by atoms with van der Waals surface area (Å²) in [6.45, 7) is 12.1. The van der Waals surface area contributed by atoms with Gasteiger partial charge in [0.25, 0.3) is 0 Å². The predicted octanol–water partition coefficient (Wildman–Crippen LogP) is 9.50. The Morgan fingerprint density at radius 2 is 1.19 bits per heavy atom. The Morgan fingerprint density at radius 1 is 0.710 bits per heavy atom. The molecule has 2 unspecified atom stereocenters. The zero-order valence-electron chi connectivity index (χ0n) is 22.0. The summed E-state index contributed by atoms with van der Waals surface area (Å²) >= 11 is 0. The van der Waals surface area contributed by atoms with E-state index in [0.29, 0.717) is 11.5 Å². The van der Waals surface area contributed by atoms with E-state index in [1.807, 2.05) is 0 Å². The average Bonchev–Trinajstić information content (AvgIpc) is 3.54. The van der Waals surface area contributed by atoms with Gasteiger partial charge in [0.05, 0.1) is 13.2 Å². The smallest absolute Gasteiger partial charge is 0.104 e. The van der Waals surface area contributed by atoms with Crippen LogP contribution in [0.5, 0.6) is 0 Å². The number of epoxide rings is 1. The minimum Gasteiger partial charge on any atom is -0.379 e. The molecule has 0 saturated carbocycles. The van der Waals surface area contributed by atoms with Crippen molar-refractivity contribution >= 4 is 0 Å². The topological polar surface area (TPSA) is 21.8 Å². The van der Waals surface area contributed by atoms with E-state index in [-0.39, 0.29) is 0 Å². The van der Waals surface area contributed by atoms with Gasteiger partial charge in [-0.15, -0.1) is 0 Å². The first-order chi connectivity index (χ1) is 15.0. The van der Waals surface area contributed by atoms with Crippen molar-refractivity contribution < 1.29 is 9.47 Å². The van der Waals surface area contributed by atoms with Crippen LogP contribution in [0.4, 0.5) is 0 Å². The van der Waals surface area contributed by atoms with Gasteiger partial charge in [-0.05, 0) is 30.6 Å². The van der Waals surface area contributed by atoms with E-state index < -0.39 is 0 Å². The normalized spacial score (nSPS) is 17.2. The zero-order chi connectivity index (χ0) is 22.6. The summed E-state index contributed by atoms with van der Waals surface area (Å²) in [6, 6.07) is 0. The van der Waals surface area contributed by atoms with Crippen molar-refractivity contribution in [3.8, 4) is 0 Å². The second-order valence-corrected chi connectivity index (χ2v) is 11.5. The maximum absolute atomic E-state index is 5.78. The molecule has 31 heavy (non-hydrogen) atoms. The van der Waals surface area contributed by atoms with Gasteiger partial charge in [-0.3, -0.25) is 0 Å². The highest BCUT2D eigenvalue weighted by Gasteiger charge is 2.22. The molecule has 0 amide bonds. The summed E-state index contributed by atoms with van der Waals surface area (Å²) in [5.41, 5.74) is 0.512. The zero-order valence-corrected chi connectivity index (χ0v) is 22.0. The Hall–Kier alpha value is -0.0800. The van der Waals surface area contributed by atoms with Gasteiger partial charge in [0.2, 0.25) is 0 Å². The quantitative estimate of drug-likeness (QED) is 0.117. The molecule has 1 aliphatic rings. The van der Waals surface area contributed by atoms with Gasteiger partial charge in [0.15, 0.2) is 0 Å². The first kappa shape index (κ1) is 29.0. The summed E-state index contributed by atoms with van der Waals surface area (Å²) < 4.78 is 11.0. The second kappa shape index (κ2) is 19.4. The molecule has 0 spiro atoms. The fourth-order valence-corrected chi connectivity index (χ4v) is 4.65. The van der Waals surface area contributed by atoms with Crippen LogP contribution in [0.3, 0.4) is 0 Å². The monoisotopic (exact) mass is 438 g/mol. The van der Waals surface area contributed by atoms with Crippen molar-refractivity contribution in [2.24, 2.45) is 11.3 Å². The molecule has 0 bridgehead atoms. The van der Waals surface area contributed by atoms with E-state index in [1.54, 1.807) is 0 Å². The van der Waals surface area contributed by atoms with Gasteiger partial charge in [-0.2, -0.15) is 0 Å².